The Kier molecular flexibility index (Phi) is 3.16. The molecule has 0 radical (unpaired) electrons. The van der Waals surface area contributed by atoms with Crippen molar-refractivity contribution in [3.8, 4) is 0 Å². The summed E-state index contributed by atoms with van der Waals surface area (Å²) in [6.45, 7) is 11.7. The average molecular weight is 225 g/mol. The van der Waals surface area contributed by atoms with Crippen molar-refractivity contribution in [2.24, 2.45) is 5.41 Å². The monoisotopic (exact) mass is 225 g/mol. The lowest BCUT2D eigenvalue weighted by Gasteiger charge is -2.48. The third kappa shape index (κ3) is 2.25. The predicted molar refractivity (Wildman–Crippen MR) is 63.6 cm³/mol. The first-order valence-electron chi connectivity index (χ1n) is 6.60. The first-order valence-corrected chi connectivity index (χ1v) is 6.60. The summed E-state index contributed by atoms with van der Waals surface area (Å²) in [6, 6.07) is 0. The fourth-order valence-corrected chi connectivity index (χ4v) is 3.23. The van der Waals surface area contributed by atoms with Gasteiger partial charge >= 0.3 is 0 Å². The molecule has 4 heteroatoms. The first kappa shape index (κ1) is 11.0. The van der Waals surface area contributed by atoms with Crippen molar-refractivity contribution in [3.05, 3.63) is 0 Å². The SMILES string of the molecule is C1CC2(CN1)CN(CCN1CCOCC1)C2. The van der Waals surface area contributed by atoms with Crippen molar-refractivity contribution in [3.63, 3.8) is 0 Å². The molecule has 0 unspecified atom stereocenters. The maximum absolute atomic E-state index is 5.36. The van der Waals surface area contributed by atoms with E-state index in [1.54, 1.807) is 0 Å². The molecule has 0 aromatic heterocycles. The molecule has 3 aliphatic rings. The van der Waals surface area contributed by atoms with Gasteiger partial charge in [0.05, 0.1) is 13.2 Å². The third-order valence-electron chi connectivity index (χ3n) is 4.29. The maximum Gasteiger partial charge on any atom is 0.0594 e. The number of hydrogen-bond donors (Lipinski definition) is 1. The summed E-state index contributed by atoms with van der Waals surface area (Å²) in [4.78, 5) is 5.14. The minimum absolute atomic E-state index is 0.658. The molecule has 0 amide bonds. The fraction of sp³-hybridized carbons (Fsp3) is 1.00. The van der Waals surface area contributed by atoms with Crippen LogP contribution < -0.4 is 5.32 Å². The van der Waals surface area contributed by atoms with Gasteiger partial charge in [0, 0.05) is 51.2 Å². The molecule has 3 aliphatic heterocycles. The van der Waals surface area contributed by atoms with Crippen molar-refractivity contribution < 1.29 is 4.74 Å². The summed E-state index contributed by atoms with van der Waals surface area (Å²) >= 11 is 0. The number of rotatable bonds is 3. The standard InChI is InChI=1S/C12H23N3O/c1-2-13-9-12(1)10-15(11-12)4-3-14-5-7-16-8-6-14/h13H,1-11H2. The van der Waals surface area contributed by atoms with Crippen LogP contribution in [0.25, 0.3) is 0 Å². The van der Waals surface area contributed by atoms with Gasteiger partial charge in [0.1, 0.15) is 0 Å². The van der Waals surface area contributed by atoms with Gasteiger partial charge in [0.25, 0.3) is 0 Å². The lowest BCUT2D eigenvalue weighted by atomic mass is 9.79. The molecule has 3 saturated heterocycles. The zero-order valence-corrected chi connectivity index (χ0v) is 10.1. The summed E-state index contributed by atoms with van der Waals surface area (Å²) in [5.41, 5.74) is 0.658. The van der Waals surface area contributed by atoms with E-state index in [2.05, 4.69) is 15.1 Å². The number of likely N-dealkylation sites (tertiary alicyclic amines) is 1. The van der Waals surface area contributed by atoms with Gasteiger partial charge in [-0.15, -0.1) is 0 Å². The van der Waals surface area contributed by atoms with Gasteiger partial charge in [-0.2, -0.15) is 0 Å². The van der Waals surface area contributed by atoms with Crippen molar-refractivity contribution in [1.82, 2.24) is 15.1 Å². The first-order chi connectivity index (χ1) is 7.86. The van der Waals surface area contributed by atoms with Crippen molar-refractivity contribution in [2.75, 3.05) is 65.6 Å². The van der Waals surface area contributed by atoms with Crippen LogP contribution in [-0.2, 0) is 4.74 Å². The molecule has 0 atom stereocenters. The van der Waals surface area contributed by atoms with Gasteiger partial charge in [-0.25, -0.2) is 0 Å². The Bertz CT molecular complexity index is 226. The van der Waals surface area contributed by atoms with E-state index in [9.17, 15) is 0 Å². The van der Waals surface area contributed by atoms with E-state index in [0.717, 1.165) is 26.3 Å². The molecule has 16 heavy (non-hydrogen) atoms. The van der Waals surface area contributed by atoms with E-state index >= 15 is 0 Å². The molecule has 0 aromatic rings. The van der Waals surface area contributed by atoms with Gasteiger partial charge in [-0.1, -0.05) is 0 Å². The molecular formula is C12H23N3O. The smallest absolute Gasteiger partial charge is 0.0594 e. The number of ether oxygens (including phenoxy) is 1. The predicted octanol–water partition coefficient (Wildman–Crippen LogP) is -0.386. The lowest BCUT2D eigenvalue weighted by molar-refractivity contribution is -0.00591. The second-order valence-electron chi connectivity index (χ2n) is 5.59. The number of hydrogen-bond acceptors (Lipinski definition) is 4. The normalized spacial score (nSPS) is 30.8. The average Bonchev–Trinajstić information content (AvgIpc) is 2.75. The van der Waals surface area contributed by atoms with Crippen molar-refractivity contribution in [1.29, 1.82) is 0 Å². The van der Waals surface area contributed by atoms with Crippen molar-refractivity contribution in [2.45, 2.75) is 6.42 Å². The molecule has 3 fully saturated rings. The topological polar surface area (TPSA) is 27.7 Å². The molecule has 1 N–H and O–H groups in total. The molecule has 0 aliphatic carbocycles. The largest absolute Gasteiger partial charge is 0.379 e. The summed E-state index contributed by atoms with van der Waals surface area (Å²) in [5, 5.41) is 3.49. The summed E-state index contributed by atoms with van der Waals surface area (Å²) in [5.74, 6) is 0. The fourth-order valence-electron chi connectivity index (χ4n) is 3.23. The highest BCUT2D eigenvalue weighted by atomic mass is 16.5. The van der Waals surface area contributed by atoms with Crippen LogP contribution in [0.15, 0.2) is 0 Å². The molecule has 92 valence electrons. The van der Waals surface area contributed by atoms with Crippen LogP contribution in [0, 0.1) is 5.41 Å². The minimum Gasteiger partial charge on any atom is -0.379 e. The highest BCUT2D eigenvalue weighted by Gasteiger charge is 2.44. The Labute approximate surface area is 97.9 Å². The Morgan fingerprint density at radius 3 is 2.50 bits per heavy atom. The zero-order valence-electron chi connectivity index (χ0n) is 10.1. The number of nitrogens with one attached hydrogen (secondary N) is 1. The Morgan fingerprint density at radius 2 is 1.81 bits per heavy atom. The molecule has 3 heterocycles. The molecule has 0 bridgehead atoms. The van der Waals surface area contributed by atoms with Crippen LogP contribution in [0.4, 0.5) is 0 Å². The molecule has 1 spiro atoms. The van der Waals surface area contributed by atoms with Crippen LogP contribution in [0.3, 0.4) is 0 Å². The second-order valence-corrected chi connectivity index (χ2v) is 5.59. The number of nitrogens with zero attached hydrogens (tertiary/aromatic N) is 2. The molecule has 3 rings (SSSR count). The maximum atomic E-state index is 5.36. The van der Waals surface area contributed by atoms with Gasteiger partial charge < -0.3 is 15.0 Å². The van der Waals surface area contributed by atoms with E-state index in [1.807, 2.05) is 0 Å². The van der Waals surface area contributed by atoms with E-state index in [4.69, 9.17) is 4.74 Å². The molecule has 0 aromatic carbocycles. The van der Waals surface area contributed by atoms with Crippen LogP contribution in [0.5, 0.6) is 0 Å². The van der Waals surface area contributed by atoms with Gasteiger partial charge in [0.15, 0.2) is 0 Å². The Hall–Kier alpha value is -0.160. The summed E-state index contributed by atoms with van der Waals surface area (Å²) in [7, 11) is 0. The van der Waals surface area contributed by atoms with Crippen LogP contribution >= 0.6 is 0 Å². The van der Waals surface area contributed by atoms with Crippen LogP contribution in [0.2, 0.25) is 0 Å². The van der Waals surface area contributed by atoms with Crippen LogP contribution in [-0.4, -0.2) is 75.4 Å². The minimum atomic E-state index is 0.658. The lowest BCUT2D eigenvalue weighted by Crippen LogP contribution is -2.58. The van der Waals surface area contributed by atoms with E-state index in [-0.39, 0.29) is 0 Å². The van der Waals surface area contributed by atoms with Gasteiger partial charge in [0.2, 0.25) is 0 Å². The molecular weight excluding hydrogens is 202 g/mol. The Morgan fingerprint density at radius 1 is 1.06 bits per heavy atom. The second kappa shape index (κ2) is 4.61. The summed E-state index contributed by atoms with van der Waals surface area (Å²) in [6.07, 6.45) is 1.39. The van der Waals surface area contributed by atoms with Gasteiger partial charge in [-0.05, 0) is 13.0 Å². The van der Waals surface area contributed by atoms with Crippen molar-refractivity contribution >= 4 is 0 Å². The highest BCUT2D eigenvalue weighted by molar-refractivity contribution is 5.00. The Balaban J connectivity index is 1.35. The quantitative estimate of drug-likeness (QED) is 0.708. The highest BCUT2D eigenvalue weighted by Crippen LogP contribution is 2.35. The molecule has 4 nitrogen and oxygen atoms in total. The van der Waals surface area contributed by atoms with E-state index in [0.29, 0.717) is 5.41 Å². The third-order valence-corrected chi connectivity index (χ3v) is 4.29. The summed E-state index contributed by atoms with van der Waals surface area (Å²) < 4.78 is 5.36. The van der Waals surface area contributed by atoms with E-state index in [1.165, 1.54) is 45.7 Å². The van der Waals surface area contributed by atoms with E-state index < -0.39 is 0 Å². The van der Waals surface area contributed by atoms with Crippen LogP contribution in [0.1, 0.15) is 6.42 Å². The number of morpholine rings is 1. The van der Waals surface area contributed by atoms with Gasteiger partial charge in [-0.3, -0.25) is 4.90 Å². The molecule has 0 saturated carbocycles. The zero-order chi connectivity index (χ0) is 10.8.